The summed E-state index contributed by atoms with van der Waals surface area (Å²) in [5.41, 5.74) is 7.22. The van der Waals surface area contributed by atoms with Gasteiger partial charge in [0, 0.05) is 11.5 Å². The highest BCUT2D eigenvalue weighted by molar-refractivity contribution is 5.85. The van der Waals surface area contributed by atoms with E-state index in [9.17, 15) is 4.39 Å². The molecule has 3 heteroatoms. The first-order valence-corrected chi connectivity index (χ1v) is 4.70. The van der Waals surface area contributed by atoms with Crippen molar-refractivity contribution in [1.82, 2.24) is 0 Å². The summed E-state index contributed by atoms with van der Waals surface area (Å²) in [6.07, 6.45) is 2.03. The second kappa shape index (κ2) is 3.87. The summed E-state index contributed by atoms with van der Waals surface area (Å²) in [4.78, 5) is 0. The summed E-state index contributed by atoms with van der Waals surface area (Å²) in [5.74, 6) is 0.265. The van der Waals surface area contributed by atoms with Gasteiger partial charge in [-0.05, 0) is 30.5 Å². The van der Waals surface area contributed by atoms with Crippen LogP contribution >= 0.6 is 12.4 Å². The SMILES string of the molecule is CC[C@@]1(N)C[C@@H]1c1ccc(F)cc1.Cl. The van der Waals surface area contributed by atoms with Crippen molar-refractivity contribution >= 4 is 12.4 Å². The highest BCUT2D eigenvalue weighted by atomic mass is 35.5. The Kier molecular flexibility index (Phi) is 3.17. The molecule has 78 valence electrons. The molecule has 0 saturated heterocycles. The highest BCUT2D eigenvalue weighted by Crippen LogP contribution is 2.51. The second-order valence-corrected chi connectivity index (χ2v) is 3.89. The summed E-state index contributed by atoms with van der Waals surface area (Å²) in [5, 5.41) is 0. The Labute approximate surface area is 89.9 Å². The number of hydrogen-bond acceptors (Lipinski definition) is 1. The quantitative estimate of drug-likeness (QED) is 0.807. The lowest BCUT2D eigenvalue weighted by Gasteiger charge is -2.07. The van der Waals surface area contributed by atoms with Crippen LogP contribution in [0.25, 0.3) is 0 Å². The van der Waals surface area contributed by atoms with E-state index in [-0.39, 0.29) is 23.8 Å². The van der Waals surface area contributed by atoms with Crippen LogP contribution in [0.3, 0.4) is 0 Å². The van der Waals surface area contributed by atoms with Crippen molar-refractivity contribution < 1.29 is 4.39 Å². The molecule has 1 aromatic carbocycles. The number of rotatable bonds is 2. The minimum absolute atomic E-state index is 0. The maximum absolute atomic E-state index is 12.6. The molecule has 2 N–H and O–H groups in total. The molecule has 0 aromatic heterocycles. The Balaban J connectivity index is 0.000000980. The van der Waals surface area contributed by atoms with E-state index in [0.717, 1.165) is 12.8 Å². The van der Waals surface area contributed by atoms with Crippen molar-refractivity contribution in [1.29, 1.82) is 0 Å². The molecule has 1 fully saturated rings. The Bertz CT molecular complexity index is 312. The smallest absolute Gasteiger partial charge is 0.123 e. The van der Waals surface area contributed by atoms with Crippen LogP contribution in [0.2, 0.25) is 0 Å². The minimum atomic E-state index is -0.177. The van der Waals surface area contributed by atoms with Crippen LogP contribution in [-0.4, -0.2) is 5.54 Å². The lowest BCUT2D eigenvalue weighted by atomic mass is 10.1. The first-order valence-electron chi connectivity index (χ1n) is 4.70. The van der Waals surface area contributed by atoms with Gasteiger partial charge >= 0.3 is 0 Å². The summed E-state index contributed by atoms with van der Waals surface area (Å²) >= 11 is 0. The van der Waals surface area contributed by atoms with Crippen molar-refractivity contribution in [3.63, 3.8) is 0 Å². The molecule has 1 aromatic rings. The van der Waals surface area contributed by atoms with E-state index in [1.54, 1.807) is 0 Å². The molecule has 0 radical (unpaired) electrons. The fourth-order valence-corrected chi connectivity index (χ4v) is 1.86. The van der Waals surface area contributed by atoms with Gasteiger partial charge in [-0.25, -0.2) is 4.39 Å². The van der Waals surface area contributed by atoms with Crippen LogP contribution in [-0.2, 0) is 0 Å². The van der Waals surface area contributed by atoms with Gasteiger partial charge in [0.25, 0.3) is 0 Å². The van der Waals surface area contributed by atoms with E-state index in [1.165, 1.54) is 17.7 Å². The Morgan fingerprint density at radius 2 is 2.00 bits per heavy atom. The van der Waals surface area contributed by atoms with E-state index >= 15 is 0 Å². The van der Waals surface area contributed by atoms with Gasteiger partial charge in [-0.15, -0.1) is 12.4 Å². The Morgan fingerprint density at radius 1 is 1.43 bits per heavy atom. The third kappa shape index (κ3) is 1.91. The van der Waals surface area contributed by atoms with E-state index in [0.29, 0.717) is 5.92 Å². The third-order valence-electron chi connectivity index (χ3n) is 3.05. The van der Waals surface area contributed by atoms with E-state index in [1.807, 2.05) is 12.1 Å². The lowest BCUT2D eigenvalue weighted by molar-refractivity contribution is 0.618. The molecule has 0 heterocycles. The fourth-order valence-electron chi connectivity index (χ4n) is 1.86. The van der Waals surface area contributed by atoms with Crippen molar-refractivity contribution in [2.75, 3.05) is 0 Å². The number of benzene rings is 1. The molecule has 14 heavy (non-hydrogen) atoms. The lowest BCUT2D eigenvalue weighted by Crippen LogP contribution is -2.22. The summed E-state index contributed by atoms with van der Waals surface area (Å²) in [6.45, 7) is 2.10. The fraction of sp³-hybridized carbons (Fsp3) is 0.455. The second-order valence-electron chi connectivity index (χ2n) is 3.89. The largest absolute Gasteiger partial charge is 0.325 e. The van der Waals surface area contributed by atoms with Gasteiger partial charge in [0.1, 0.15) is 5.82 Å². The van der Waals surface area contributed by atoms with Gasteiger partial charge in [0.05, 0.1) is 0 Å². The molecule has 0 unspecified atom stereocenters. The van der Waals surface area contributed by atoms with Crippen LogP contribution in [0, 0.1) is 5.82 Å². The minimum Gasteiger partial charge on any atom is -0.325 e. The number of nitrogens with two attached hydrogens (primary N) is 1. The van der Waals surface area contributed by atoms with E-state index in [4.69, 9.17) is 5.73 Å². The Morgan fingerprint density at radius 3 is 2.43 bits per heavy atom. The summed E-state index contributed by atoms with van der Waals surface area (Å²) < 4.78 is 12.6. The molecule has 1 nitrogen and oxygen atoms in total. The predicted octanol–water partition coefficient (Wildman–Crippen LogP) is 2.84. The number of halogens is 2. The molecule has 1 aliphatic rings. The monoisotopic (exact) mass is 215 g/mol. The third-order valence-corrected chi connectivity index (χ3v) is 3.05. The summed E-state index contributed by atoms with van der Waals surface area (Å²) in [6, 6.07) is 6.68. The van der Waals surface area contributed by atoms with Gasteiger partial charge in [-0.1, -0.05) is 19.1 Å². The zero-order valence-electron chi connectivity index (χ0n) is 8.16. The van der Waals surface area contributed by atoms with Gasteiger partial charge < -0.3 is 5.73 Å². The van der Waals surface area contributed by atoms with Gasteiger partial charge in [0.2, 0.25) is 0 Å². The maximum atomic E-state index is 12.6. The molecule has 2 atom stereocenters. The molecule has 1 aliphatic carbocycles. The topological polar surface area (TPSA) is 26.0 Å². The maximum Gasteiger partial charge on any atom is 0.123 e. The van der Waals surface area contributed by atoms with Crippen molar-refractivity contribution in [2.24, 2.45) is 5.73 Å². The molecular weight excluding hydrogens is 201 g/mol. The van der Waals surface area contributed by atoms with E-state index in [2.05, 4.69) is 6.92 Å². The first kappa shape index (κ1) is 11.5. The van der Waals surface area contributed by atoms with Crippen LogP contribution in [0.5, 0.6) is 0 Å². The molecule has 0 aliphatic heterocycles. The molecular formula is C11H15ClFN. The predicted molar refractivity (Wildman–Crippen MR) is 58.2 cm³/mol. The van der Waals surface area contributed by atoms with Crippen LogP contribution in [0.4, 0.5) is 4.39 Å². The van der Waals surface area contributed by atoms with Gasteiger partial charge in [0.15, 0.2) is 0 Å². The van der Waals surface area contributed by atoms with Gasteiger partial charge in [-0.2, -0.15) is 0 Å². The van der Waals surface area contributed by atoms with Gasteiger partial charge in [-0.3, -0.25) is 0 Å². The van der Waals surface area contributed by atoms with Crippen LogP contribution in [0.15, 0.2) is 24.3 Å². The molecule has 0 bridgehead atoms. The zero-order chi connectivity index (χ0) is 9.47. The van der Waals surface area contributed by atoms with E-state index < -0.39 is 0 Å². The van der Waals surface area contributed by atoms with Crippen molar-refractivity contribution in [3.05, 3.63) is 35.6 Å². The average Bonchev–Trinajstić information content (AvgIpc) is 2.81. The summed E-state index contributed by atoms with van der Waals surface area (Å²) in [7, 11) is 0. The molecule has 1 saturated carbocycles. The molecule has 0 spiro atoms. The molecule has 0 amide bonds. The Hall–Kier alpha value is -0.600. The zero-order valence-corrected chi connectivity index (χ0v) is 8.98. The normalized spacial score (nSPS) is 29.5. The van der Waals surface area contributed by atoms with Crippen LogP contribution in [0.1, 0.15) is 31.2 Å². The standard InChI is InChI=1S/C11H14FN.ClH/c1-2-11(13)7-10(11)8-3-5-9(12)6-4-8;/h3-6,10H,2,7,13H2,1H3;1H/t10-,11-;/m1./s1. The highest BCUT2D eigenvalue weighted by Gasteiger charge is 2.49. The molecule has 2 rings (SSSR count). The number of hydrogen-bond donors (Lipinski definition) is 1. The van der Waals surface area contributed by atoms with Crippen molar-refractivity contribution in [2.45, 2.75) is 31.2 Å². The average molecular weight is 216 g/mol. The first-order chi connectivity index (χ1) is 6.15. The van der Waals surface area contributed by atoms with Crippen LogP contribution < -0.4 is 5.73 Å². The van der Waals surface area contributed by atoms with Crippen molar-refractivity contribution in [3.8, 4) is 0 Å².